The lowest BCUT2D eigenvalue weighted by atomic mass is 9.86. The predicted octanol–water partition coefficient (Wildman–Crippen LogP) is 2.47. The molecule has 0 fully saturated rings. The van der Waals surface area contributed by atoms with Crippen molar-refractivity contribution >= 4 is 5.97 Å². The van der Waals surface area contributed by atoms with Gasteiger partial charge in [0, 0.05) is 6.54 Å². The highest BCUT2D eigenvalue weighted by Gasteiger charge is 2.18. The number of carboxylic acids is 1. The van der Waals surface area contributed by atoms with Crippen LogP contribution < -0.4 is 0 Å². The van der Waals surface area contributed by atoms with E-state index in [4.69, 9.17) is 5.11 Å². The summed E-state index contributed by atoms with van der Waals surface area (Å²) in [6.45, 7) is 10.1. The van der Waals surface area contributed by atoms with Crippen LogP contribution in [-0.4, -0.2) is 36.1 Å². The van der Waals surface area contributed by atoms with Gasteiger partial charge in [-0.2, -0.15) is 0 Å². The molecule has 0 aromatic rings. The molecule has 90 valence electrons. The first kappa shape index (κ1) is 14.4. The molecule has 0 radical (unpaired) electrons. The maximum absolute atomic E-state index is 10.7. The van der Waals surface area contributed by atoms with Crippen LogP contribution in [0.25, 0.3) is 0 Å². The maximum Gasteiger partial charge on any atom is 0.307 e. The van der Waals surface area contributed by atoms with Gasteiger partial charge in [0.25, 0.3) is 0 Å². The molecule has 1 unspecified atom stereocenters. The number of rotatable bonds is 7. The van der Waals surface area contributed by atoms with Crippen LogP contribution in [-0.2, 0) is 4.79 Å². The average molecular weight is 215 g/mol. The molecule has 0 aromatic carbocycles. The molecule has 0 amide bonds. The minimum Gasteiger partial charge on any atom is -0.481 e. The summed E-state index contributed by atoms with van der Waals surface area (Å²) in [5, 5.41) is 8.78. The van der Waals surface area contributed by atoms with Gasteiger partial charge in [-0.3, -0.25) is 4.79 Å². The van der Waals surface area contributed by atoms with Crippen LogP contribution in [0.5, 0.6) is 0 Å². The molecule has 0 saturated heterocycles. The second kappa shape index (κ2) is 6.11. The molecule has 0 rings (SSSR count). The number of nitrogens with zero attached hydrogens (tertiary/aromatic N) is 1. The highest BCUT2D eigenvalue weighted by molar-refractivity contribution is 5.69. The van der Waals surface area contributed by atoms with E-state index in [2.05, 4.69) is 25.7 Å². The number of carbonyl (C=O) groups is 1. The maximum atomic E-state index is 10.7. The summed E-state index contributed by atoms with van der Waals surface area (Å²) >= 11 is 0. The largest absolute Gasteiger partial charge is 0.481 e. The van der Waals surface area contributed by atoms with Crippen molar-refractivity contribution in [3.05, 3.63) is 0 Å². The predicted molar refractivity (Wildman–Crippen MR) is 63.0 cm³/mol. The Balaban J connectivity index is 3.85. The van der Waals surface area contributed by atoms with Crippen molar-refractivity contribution < 1.29 is 9.90 Å². The van der Waals surface area contributed by atoms with Crippen LogP contribution in [0.15, 0.2) is 0 Å². The van der Waals surface area contributed by atoms with Gasteiger partial charge in [0.2, 0.25) is 0 Å². The van der Waals surface area contributed by atoms with Crippen molar-refractivity contribution in [2.75, 3.05) is 20.1 Å². The van der Waals surface area contributed by atoms with Gasteiger partial charge in [-0.05, 0) is 25.4 Å². The van der Waals surface area contributed by atoms with Gasteiger partial charge in [-0.25, -0.2) is 0 Å². The van der Waals surface area contributed by atoms with Crippen molar-refractivity contribution in [2.45, 2.75) is 40.5 Å². The number of hydrogen-bond acceptors (Lipinski definition) is 2. The van der Waals surface area contributed by atoms with E-state index in [0.29, 0.717) is 12.0 Å². The normalized spacial score (nSPS) is 14.3. The van der Waals surface area contributed by atoms with Gasteiger partial charge >= 0.3 is 5.97 Å². The molecule has 0 aliphatic heterocycles. The van der Waals surface area contributed by atoms with E-state index < -0.39 is 5.97 Å². The summed E-state index contributed by atoms with van der Waals surface area (Å²) < 4.78 is 0. The highest BCUT2D eigenvalue weighted by atomic mass is 16.4. The van der Waals surface area contributed by atoms with Gasteiger partial charge in [-0.15, -0.1) is 0 Å². The SMILES string of the molecule is CCC(C)(C)CCN(C)CC(C)C(=O)O. The molecule has 0 spiro atoms. The van der Waals surface area contributed by atoms with E-state index in [1.807, 2.05) is 7.05 Å². The number of carboxylic acid groups (broad SMARTS) is 1. The molecule has 3 heteroatoms. The molecule has 1 N–H and O–H groups in total. The van der Waals surface area contributed by atoms with E-state index in [0.717, 1.165) is 19.4 Å². The lowest BCUT2D eigenvalue weighted by Gasteiger charge is -2.26. The lowest BCUT2D eigenvalue weighted by molar-refractivity contribution is -0.141. The minimum atomic E-state index is -0.711. The van der Waals surface area contributed by atoms with Crippen LogP contribution in [0.3, 0.4) is 0 Å². The first-order valence-corrected chi connectivity index (χ1v) is 5.70. The molecular weight excluding hydrogens is 190 g/mol. The first-order chi connectivity index (χ1) is 6.78. The van der Waals surface area contributed by atoms with E-state index in [-0.39, 0.29) is 5.92 Å². The van der Waals surface area contributed by atoms with Gasteiger partial charge in [0.05, 0.1) is 5.92 Å². The van der Waals surface area contributed by atoms with E-state index in [1.165, 1.54) is 0 Å². The number of aliphatic carboxylic acids is 1. The quantitative estimate of drug-likeness (QED) is 0.709. The van der Waals surface area contributed by atoms with Gasteiger partial charge in [0.15, 0.2) is 0 Å². The van der Waals surface area contributed by atoms with Crippen molar-refractivity contribution in [1.29, 1.82) is 0 Å². The van der Waals surface area contributed by atoms with E-state index in [1.54, 1.807) is 6.92 Å². The Kier molecular flexibility index (Phi) is 5.88. The summed E-state index contributed by atoms with van der Waals surface area (Å²) in [5.41, 5.74) is 0.362. The van der Waals surface area contributed by atoms with Crippen LogP contribution in [0, 0.1) is 11.3 Å². The molecule has 0 aliphatic carbocycles. The second-order valence-electron chi connectivity index (χ2n) is 5.27. The molecule has 0 aliphatic rings. The summed E-state index contributed by atoms with van der Waals surface area (Å²) in [6.07, 6.45) is 2.28. The Bertz CT molecular complexity index is 202. The zero-order chi connectivity index (χ0) is 12.1. The van der Waals surface area contributed by atoms with Crippen molar-refractivity contribution in [1.82, 2.24) is 4.90 Å². The fraction of sp³-hybridized carbons (Fsp3) is 0.917. The van der Waals surface area contributed by atoms with Crippen molar-refractivity contribution in [3.63, 3.8) is 0 Å². The summed E-state index contributed by atoms with van der Waals surface area (Å²) in [7, 11) is 1.99. The third-order valence-electron chi connectivity index (χ3n) is 3.13. The van der Waals surface area contributed by atoms with Crippen molar-refractivity contribution in [3.8, 4) is 0 Å². The molecule has 3 nitrogen and oxygen atoms in total. The van der Waals surface area contributed by atoms with Gasteiger partial charge in [-0.1, -0.05) is 34.1 Å². The molecule has 0 heterocycles. The lowest BCUT2D eigenvalue weighted by Crippen LogP contribution is -2.31. The molecule has 1 atom stereocenters. The molecule has 15 heavy (non-hydrogen) atoms. The minimum absolute atomic E-state index is 0.278. The Morgan fingerprint density at radius 2 is 2.00 bits per heavy atom. The smallest absolute Gasteiger partial charge is 0.307 e. The summed E-state index contributed by atoms with van der Waals surface area (Å²) in [5.74, 6) is -0.989. The topological polar surface area (TPSA) is 40.5 Å². The van der Waals surface area contributed by atoms with Crippen molar-refractivity contribution in [2.24, 2.45) is 11.3 Å². The third-order valence-corrected chi connectivity index (χ3v) is 3.13. The fourth-order valence-electron chi connectivity index (χ4n) is 1.31. The van der Waals surface area contributed by atoms with Crippen LogP contribution in [0.4, 0.5) is 0 Å². The Morgan fingerprint density at radius 3 is 2.40 bits per heavy atom. The monoisotopic (exact) mass is 215 g/mol. The van der Waals surface area contributed by atoms with Crippen LogP contribution in [0.1, 0.15) is 40.5 Å². The average Bonchev–Trinajstić information content (AvgIpc) is 2.15. The summed E-state index contributed by atoms with van der Waals surface area (Å²) in [6, 6.07) is 0. The Morgan fingerprint density at radius 1 is 1.47 bits per heavy atom. The molecule has 0 saturated carbocycles. The summed E-state index contributed by atoms with van der Waals surface area (Å²) in [4.78, 5) is 12.8. The fourth-order valence-corrected chi connectivity index (χ4v) is 1.31. The van der Waals surface area contributed by atoms with E-state index >= 15 is 0 Å². The molecule has 0 aromatic heterocycles. The second-order valence-corrected chi connectivity index (χ2v) is 5.27. The van der Waals surface area contributed by atoms with Gasteiger partial charge < -0.3 is 10.0 Å². The van der Waals surface area contributed by atoms with Crippen LogP contribution in [0.2, 0.25) is 0 Å². The first-order valence-electron chi connectivity index (χ1n) is 5.70. The zero-order valence-electron chi connectivity index (χ0n) is 10.7. The van der Waals surface area contributed by atoms with Crippen LogP contribution >= 0.6 is 0 Å². The highest BCUT2D eigenvalue weighted by Crippen LogP contribution is 2.24. The standard InChI is InChI=1S/C12H25NO2/c1-6-12(3,4)7-8-13(5)9-10(2)11(14)15/h10H,6-9H2,1-5H3,(H,14,15). The van der Waals surface area contributed by atoms with E-state index in [9.17, 15) is 4.79 Å². The number of hydrogen-bond donors (Lipinski definition) is 1. The zero-order valence-corrected chi connectivity index (χ0v) is 10.7. The Hall–Kier alpha value is -0.570. The van der Waals surface area contributed by atoms with Gasteiger partial charge in [0.1, 0.15) is 0 Å². The molecular formula is C12H25NO2. The third kappa shape index (κ3) is 6.50. The Labute approximate surface area is 93.5 Å². The molecule has 0 bridgehead atoms.